The van der Waals surface area contributed by atoms with Gasteiger partial charge in [0.15, 0.2) is 4.80 Å². The number of nitrogens with zero attached hydrogens (tertiary/aromatic N) is 3. The Bertz CT molecular complexity index is 1120. The highest BCUT2D eigenvalue weighted by Gasteiger charge is 2.31. The van der Waals surface area contributed by atoms with Crippen molar-refractivity contribution in [1.29, 1.82) is 0 Å². The minimum atomic E-state index is -0.502. The molecule has 1 atom stereocenters. The van der Waals surface area contributed by atoms with Crippen LogP contribution in [0.5, 0.6) is 0 Å². The van der Waals surface area contributed by atoms with Crippen molar-refractivity contribution >= 4 is 34.3 Å². The quantitative estimate of drug-likeness (QED) is 0.741. The number of aromatic nitrogens is 1. The van der Waals surface area contributed by atoms with E-state index in [0.29, 0.717) is 20.6 Å². The molecular weight excluding hydrogens is 374 g/mol. The van der Waals surface area contributed by atoms with Gasteiger partial charge in [0.2, 0.25) is 0 Å². The van der Waals surface area contributed by atoms with Crippen LogP contribution in [0.2, 0.25) is 0 Å². The van der Waals surface area contributed by atoms with Crippen LogP contribution in [0.25, 0.3) is 11.3 Å². The minimum absolute atomic E-state index is 0.135. The average Bonchev–Trinajstić information content (AvgIpc) is 2.99. The van der Waals surface area contributed by atoms with E-state index in [2.05, 4.69) is 0 Å². The standard InChI is InChI=1S/C21H25N3O3S/c1-7-27-20(26)16-13(4)24-19(25)18(12(2)3)28-21(24)22-17(16)14-8-10-15(11-9-14)23(5)6/h8-11,17H,7H2,1-6H3. The number of anilines is 1. The number of benzene rings is 1. The molecule has 1 aromatic heterocycles. The van der Waals surface area contributed by atoms with Crippen LogP contribution >= 0.6 is 11.3 Å². The molecule has 1 aliphatic heterocycles. The number of hydrogen-bond donors (Lipinski definition) is 0. The largest absolute Gasteiger partial charge is 0.463 e. The number of thiazole rings is 1. The second kappa shape index (κ2) is 7.75. The number of hydrogen-bond acceptors (Lipinski definition) is 6. The van der Waals surface area contributed by atoms with E-state index in [1.54, 1.807) is 13.8 Å². The molecular formula is C21H25N3O3S. The number of esters is 1. The molecule has 7 heteroatoms. The molecule has 148 valence electrons. The van der Waals surface area contributed by atoms with Gasteiger partial charge in [0, 0.05) is 25.5 Å². The fraction of sp³-hybridized carbons (Fsp3) is 0.381. The number of ether oxygens (including phenoxy) is 1. The Morgan fingerprint density at radius 2 is 1.89 bits per heavy atom. The summed E-state index contributed by atoms with van der Waals surface area (Å²) in [7, 11) is 3.95. The lowest BCUT2D eigenvalue weighted by molar-refractivity contribution is -0.138. The highest BCUT2D eigenvalue weighted by molar-refractivity contribution is 7.07. The Balaban J connectivity index is 2.27. The Kier molecular flexibility index (Phi) is 5.56. The summed E-state index contributed by atoms with van der Waals surface area (Å²) >= 11 is 1.36. The predicted octanol–water partition coefficient (Wildman–Crippen LogP) is 2.33. The Hall–Kier alpha value is -2.67. The molecule has 0 spiro atoms. The molecule has 1 aliphatic rings. The van der Waals surface area contributed by atoms with E-state index < -0.39 is 12.0 Å². The number of rotatable bonds is 4. The summed E-state index contributed by atoms with van der Waals surface area (Å²) in [4.78, 5) is 33.0. The molecule has 0 radical (unpaired) electrons. The van der Waals surface area contributed by atoms with E-state index in [0.717, 1.165) is 16.8 Å². The van der Waals surface area contributed by atoms with Gasteiger partial charge >= 0.3 is 5.97 Å². The molecule has 0 aliphatic carbocycles. The van der Waals surface area contributed by atoms with E-state index in [4.69, 9.17) is 9.73 Å². The van der Waals surface area contributed by atoms with E-state index in [-0.39, 0.29) is 12.2 Å². The first-order valence-corrected chi connectivity index (χ1v) is 10.0. The fourth-order valence-corrected chi connectivity index (χ4v) is 4.26. The highest BCUT2D eigenvalue weighted by Crippen LogP contribution is 2.33. The lowest BCUT2D eigenvalue weighted by atomic mass is 9.96. The molecule has 3 rings (SSSR count). The van der Waals surface area contributed by atoms with E-state index in [9.17, 15) is 9.59 Å². The van der Waals surface area contributed by atoms with Gasteiger partial charge in [-0.15, -0.1) is 0 Å². The summed E-state index contributed by atoms with van der Waals surface area (Å²) in [5.74, 6) is -0.437. The van der Waals surface area contributed by atoms with Crippen LogP contribution < -0.4 is 19.8 Å². The number of carbonyl (C=O) groups is 1. The zero-order chi connectivity index (χ0) is 20.6. The third kappa shape index (κ3) is 3.42. The molecule has 1 unspecified atom stereocenters. The second-order valence-electron chi connectivity index (χ2n) is 7.09. The monoisotopic (exact) mass is 399 g/mol. The van der Waals surface area contributed by atoms with Crippen LogP contribution in [0.3, 0.4) is 0 Å². The van der Waals surface area contributed by atoms with Crippen LogP contribution in [0.1, 0.15) is 39.3 Å². The molecule has 1 aromatic carbocycles. The summed E-state index contributed by atoms with van der Waals surface area (Å²) in [6, 6.07) is 7.42. The molecule has 2 aromatic rings. The maximum Gasteiger partial charge on any atom is 0.338 e. The van der Waals surface area contributed by atoms with Gasteiger partial charge in [-0.3, -0.25) is 9.36 Å². The van der Waals surface area contributed by atoms with E-state index in [1.807, 2.05) is 57.1 Å². The molecule has 6 nitrogen and oxygen atoms in total. The van der Waals surface area contributed by atoms with Gasteiger partial charge in [-0.25, -0.2) is 9.79 Å². The van der Waals surface area contributed by atoms with Crippen molar-refractivity contribution in [2.45, 2.75) is 33.7 Å². The molecule has 28 heavy (non-hydrogen) atoms. The molecule has 0 saturated heterocycles. The minimum Gasteiger partial charge on any atom is -0.463 e. The third-order valence-corrected chi connectivity index (χ3v) is 5.95. The average molecular weight is 400 g/mol. The Labute approximate surface area is 168 Å². The number of carbonyl (C=O) groups excluding carboxylic acids is 1. The van der Waals surface area contributed by atoms with Gasteiger partial charge in [-0.1, -0.05) is 29.0 Å². The summed E-state index contributed by atoms with van der Waals surface area (Å²) in [6.45, 7) is 7.63. The van der Waals surface area contributed by atoms with Crippen LogP contribution in [-0.2, 0) is 9.53 Å². The predicted molar refractivity (Wildman–Crippen MR) is 113 cm³/mol. The van der Waals surface area contributed by atoms with Crippen molar-refractivity contribution in [2.75, 3.05) is 25.6 Å². The summed E-state index contributed by atoms with van der Waals surface area (Å²) in [6.07, 6.45) is 0. The summed E-state index contributed by atoms with van der Waals surface area (Å²) < 4.78 is 7.48. The van der Waals surface area contributed by atoms with Crippen molar-refractivity contribution in [3.63, 3.8) is 0 Å². The summed E-state index contributed by atoms with van der Waals surface area (Å²) in [5, 5.41) is 0. The van der Waals surface area contributed by atoms with Crippen LogP contribution in [0.4, 0.5) is 5.69 Å². The second-order valence-corrected chi connectivity index (χ2v) is 8.07. The lowest BCUT2D eigenvalue weighted by Crippen LogP contribution is -2.35. The van der Waals surface area contributed by atoms with Crippen molar-refractivity contribution in [2.24, 2.45) is 4.99 Å². The molecule has 0 fully saturated rings. The van der Waals surface area contributed by atoms with Gasteiger partial charge in [-0.2, -0.15) is 0 Å². The molecule has 0 amide bonds. The smallest absolute Gasteiger partial charge is 0.338 e. The van der Waals surface area contributed by atoms with E-state index >= 15 is 0 Å². The lowest BCUT2D eigenvalue weighted by Gasteiger charge is -2.23. The Morgan fingerprint density at radius 1 is 1.25 bits per heavy atom. The van der Waals surface area contributed by atoms with Crippen molar-refractivity contribution in [3.8, 4) is 0 Å². The maximum atomic E-state index is 12.9. The first-order valence-electron chi connectivity index (χ1n) is 9.19. The van der Waals surface area contributed by atoms with Gasteiger partial charge in [0.05, 0.1) is 16.7 Å². The van der Waals surface area contributed by atoms with Gasteiger partial charge in [-0.05, 0) is 45.4 Å². The fourth-order valence-electron chi connectivity index (χ4n) is 3.22. The number of fused-ring (bicyclic) bond motifs is 1. The molecule has 0 N–H and O–H groups in total. The normalized spacial score (nSPS) is 15.7. The topological polar surface area (TPSA) is 63.9 Å². The van der Waals surface area contributed by atoms with E-state index in [1.165, 1.54) is 15.9 Å². The maximum absolute atomic E-state index is 12.9. The molecule has 2 heterocycles. The molecule has 0 bridgehead atoms. The SMILES string of the molecule is CCOC(=O)C1=C(C)n2c(sc(=C(C)C)c2=O)=NC1c1ccc(N(C)C)cc1. The summed E-state index contributed by atoms with van der Waals surface area (Å²) in [5.41, 5.74) is 3.74. The molecule has 0 saturated carbocycles. The van der Waals surface area contributed by atoms with Crippen molar-refractivity contribution < 1.29 is 9.53 Å². The van der Waals surface area contributed by atoms with Crippen LogP contribution in [-0.4, -0.2) is 31.2 Å². The first kappa shape index (κ1) is 20.1. The first-order chi connectivity index (χ1) is 13.3. The highest BCUT2D eigenvalue weighted by atomic mass is 32.1. The van der Waals surface area contributed by atoms with Crippen molar-refractivity contribution in [1.82, 2.24) is 4.57 Å². The van der Waals surface area contributed by atoms with Gasteiger partial charge in [0.25, 0.3) is 5.56 Å². The third-order valence-electron chi connectivity index (χ3n) is 4.69. The van der Waals surface area contributed by atoms with Gasteiger partial charge in [0.1, 0.15) is 6.04 Å². The van der Waals surface area contributed by atoms with Crippen molar-refractivity contribution in [3.05, 3.63) is 55.1 Å². The van der Waals surface area contributed by atoms with Crippen LogP contribution in [0.15, 0.2) is 39.6 Å². The number of allylic oxidation sites excluding steroid dienone is 1. The zero-order valence-electron chi connectivity index (χ0n) is 17.1. The van der Waals surface area contributed by atoms with Crippen LogP contribution in [0, 0.1) is 0 Å². The Morgan fingerprint density at radius 3 is 2.43 bits per heavy atom. The van der Waals surface area contributed by atoms with Gasteiger partial charge < -0.3 is 9.64 Å². The zero-order valence-corrected chi connectivity index (χ0v) is 17.9.